The second-order valence-electron chi connectivity index (χ2n) is 7.13. The van der Waals surface area contributed by atoms with Crippen molar-refractivity contribution in [3.05, 3.63) is 48.1 Å². The molecular weight excluding hydrogens is 429 g/mol. The van der Waals surface area contributed by atoms with Crippen LogP contribution < -0.4 is 10.2 Å². The fourth-order valence-corrected chi connectivity index (χ4v) is 3.16. The van der Waals surface area contributed by atoms with Crippen LogP contribution in [0, 0.1) is 0 Å². The number of aromatic nitrogens is 4. The van der Waals surface area contributed by atoms with Crippen molar-refractivity contribution in [2.24, 2.45) is 0 Å². The lowest BCUT2D eigenvalue weighted by molar-refractivity contribution is -0.159. The second-order valence-corrected chi connectivity index (χ2v) is 7.13. The van der Waals surface area contributed by atoms with E-state index in [1.165, 1.54) is 24.8 Å². The summed E-state index contributed by atoms with van der Waals surface area (Å²) < 4.78 is 47.0. The molecule has 32 heavy (non-hydrogen) atoms. The fraction of sp³-hybridized carbons (Fsp3) is 0.350. The lowest BCUT2D eigenvalue weighted by Crippen LogP contribution is -2.30. The SMILES string of the molecule is O=C(Nc1ccc(-c2noc(C(F)(F)F)n2)nc1)OCc1ccc(N2CCCCC2)nc1. The highest BCUT2D eigenvalue weighted by Gasteiger charge is 2.38. The van der Waals surface area contributed by atoms with E-state index >= 15 is 0 Å². The Bertz CT molecular complexity index is 1050. The molecule has 12 heteroatoms. The summed E-state index contributed by atoms with van der Waals surface area (Å²) in [7, 11) is 0. The molecule has 1 aliphatic heterocycles. The molecule has 4 heterocycles. The summed E-state index contributed by atoms with van der Waals surface area (Å²) in [6.07, 6.45) is 1.03. The first kappa shape index (κ1) is 21.5. The van der Waals surface area contributed by atoms with Gasteiger partial charge in [-0.2, -0.15) is 18.2 Å². The molecule has 3 aromatic heterocycles. The van der Waals surface area contributed by atoms with E-state index in [4.69, 9.17) is 4.74 Å². The van der Waals surface area contributed by atoms with Crippen molar-refractivity contribution in [3.8, 4) is 11.5 Å². The summed E-state index contributed by atoms with van der Waals surface area (Å²) in [6.45, 7) is 2.02. The van der Waals surface area contributed by atoms with E-state index in [9.17, 15) is 18.0 Å². The highest BCUT2D eigenvalue weighted by atomic mass is 19.4. The molecule has 0 spiro atoms. The van der Waals surface area contributed by atoms with Crippen molar-refractivity contribution in [2.75, 3.05) is 23.3 Å². The number of anilines is 2. The summed E-state index contributed by atoms with van der Waals surface area (Å²) in [5.41, 5.74) is 1.09. The number of amides is 1. The Kier molecular flexibility index (Phi) is 6.19. The van der Waals surface area contributed by atoms with Gasteiger partial charge in [0.2, 0.25) is 5.82 Å². The van der Waals surface area contributed by atoms with E-state index in [1.54, 1.807) is 6.20 Å². The third kappa shape index (κ3) is 5.31. The number of halogens is 3. The number of ether oxygens (including phenoxy) is 1. The molecule has 0 atom stereocenters. The normalized spacial score (nSPS) is 14.3. The minimum absolute atomic E-state index is 0.0354. The van der Waals surface area contributed by atoms with E-state index in [1.807, 2.05) is 12.1 Å². The van der Waals surface area contributed by atoms with Crippen LogP contribution in [0.2, 0.25) is 0 Å². The Morgan fingerprint density at radius 3 is 2.53 bits per heavy atom. The minimum Gasteiger partial charge on any atom is -0.444 e. The number of piperidine rings is 1. The summed E-state index contributed by atoms with van der Waals surface area (Å²) in [5.74, 6) is -0.862. The van der Waals surface area contributed by atoms with Crippen LogP contribution in [0.1, 0.15) is 30.7 Å². The van der Waals surface area contributed by atoms with Crippen LogP contribution in [0.3, 0.4) is 0 Å². The standard InChI is InChI=1S/C20H19F3N6O3/c21-20(22,23)18-27-17(28-32-18)15-6-5-14(11-24-15)26-19(30)31-12-13-4-7-16(25-10-13)29-8-2-1-3-9-29/h4-7,10-11H,1-3,8-9,12H2,(H,26,30). The van der Waals surface area contributed by atoms with Crippen LogP contribution >= 0.6 is 0 Å². The average molecular weight is 448 g/mol. The predicted molar refractivity (Wildman–Crippen MR) is 107 cm³/mol. The Morgan fingerprint density at radius 2 is 1.91 bits per heavy atom. The summed E-state index contributed by atoms with van der Waals surface area (Å²) in [5, 5.41) is 5.74. The second kappa shape index (κ2) is 9.20. The third-order valence-electron chi connectivity index (χ3n) is 4.77. The first-order valence-electron chi connectivity index (χ1n) is 9.89. The summed E-state index contributed by atoms with van der Waals surface area (Å²) in [6, 6.07) is 6.55. The van der Waals surface area contributed by atoms with Crippen LogP contribution in [0.25, 0.3) is 11.5 Å². The Labute approximate surface area is 180 Å². The van der Waals surface area contributed by atoms with E-state index < -0.39 is 18.2 Å². The van der Waals surface area contributed by atoms with Crippen LogP contribution in [0.15, 0.2) is 41.2 Å². The first-order chi connectivity index (χ1) is 15.4. The van der Waals surface area contributed by atoms with Gasteiger partial charge in [0.25, 0.3) is 0 Å². The number of pyridine rings is 2. The lowest BCUT2D eigenvalue weighted by Gasteiger charge is -2.27. The van der Waals surface area contributed by atoms with Crippen molar-refractivity contribution in [2.45, 2.75) is 32.0 Å². The van der Waals surface area contributed by atoms with Gasteiger partial charge in [-0.05, 0) is 37.5 Å². The smallest absolute Gasteiger partial charge is 0.444 e. The van der Waals surface area contributed by atoms with Gasteiger partial charge < -0.3 is 14.2 Å². The van der Waals surface area contributed by atoms with Gasteiger partial charge in [0, 0.05) is 24.8 Å². The largest absolute Gasteiger partial charge is 0.471 e. The van der Waals surface area contributed by atoms with E-state index in [0.717, 1.165) is 37.3 Å². The molecule has 4 rings (SSSR count). The number of rotatable bonds is 5. The minimum atomic E-state index is -4.74. The Morgan fingerprint density at radius 1 is 1.09 bits per heavy atom. The molecule has 168 valence electrons. The summed E-state index contributed by atoms with van der Waals surface area (Å²) in [4.78, 5) is 25.9. The average Bonchev–Trinajstić information content (AvgIpc) is 3.30. The van der Waals surface area contributed by atoms with Crippen molar-refractivity contribution in [1.82, 2.24) is 20.1 Å². The molecule has 0 aromatic carbocycles. The Hall–Kier alpha value is -3.70. The zero-order valence-corrected chi connectivity index (χ0v) is 16.8. The van der Waals surface area contributed by atoms with Crippen LogP contribution in [0.4, 0.5) is 29.5 Å². The van der Waals surface area contributed by atoms with E-state index in [2.05, 4.69) is 34.8 Å². The van der Waals surface area contributed by atoms with Crippen molar-refractivity contribution < 1.29 is 27.2 Å². The van der Waals surface area contributed by atoms with E-state index in [-0.39, 0.29) is 23.8 Å². The van der Waals surface area contributed by atoms with Crippen LogP contribution in [0.5, 0.6) is 0 Å². The molecule has 1 fully saturated rings. The highest BCUT2D eigenvalue weighted by Crippen LogP contribution is 2.29. The number of nitrogens with zero attached hydrogens (tertiary/aromatic N) is 5. The van der Waals surface area contributed by atoms with Crippen molar-refractivity contribution in [1.29, 1.82) is 0 Å². The first-order valence-corrected chi connectivity index (χ1v) is 9.89. The number of hydrogen-bond donors (Lipinski definition) is 1. The molecule has 0 aliphatic carbocycles. The quantitative estimate of drug-likeness (QED) is 0.616. The number of hydrogen-bond acceptors (Lipinski definition) is 8. The molecule has 1 saturated heterocycles. The Balaban J connectivity index is 1.28. The number of nitrogens with one attached hydrogen (secondary N) is 1. The van der Waals surface area contributed by atoms with Crippen molar-refractivity contribution >= 4 is 17.6 Å². The lowest BCUT2D eigenvalue weighted by atomic mass is 10.1. The maximum atomic E-state index is 12.5. The molecule has 1 N–H and O–H groups in total. The summed E-state index contributed by atoms with van der Waals surface area (Å²) >= 11 is 0. The van der Waals surface area contributed by atoms with Gasteiger partial charge in [-0.1, -0.05) is 11.2 Å². The van der Waals surface area contributed by atoms with Gasteiger partial charge in [-0.15, -0.1) is 0 Å². The van der Waals surface area contributed by atoms with Crippen LogP contribution in [-0.2, 0) is 17.5 Å². The fourth-order valence-electron chi connectivity index (χ4n) is 3.16. The highest BCUT2D eigenvalue weighted by molar-refractivity contribution is 5.84. The van der Waals surface area contributed by atoms with E-state index in [0.29, 0.717) is 0 Å². The molecule has 1 aliphatic rings. The van der Waals surface area contributed by atoms with Gasteiger partial charge in [-0.3, -0.25) is 10.3 Å². The van der Waals surface area contributed by atoms with Gasteiger partial charge in [0.1, 0.15) is 18.1 Å². The molecule has 0 bridgehead atoms. The molecule has 0 unspecified atom stereocenters. The number of carbonyl (C=O) groups is 1. The van der Waals surface area contributed by atoms with Gasteiger partial charge in [-0.25, -0.2) is 9.78 Å². The maximum Gasteiger partial charge on any atom is 0.471 e. The molecule has 9 nitrogen and oxygen atoms in total. The molecule has 0 saturated carbocycles. The number of carbonyl (C=O) groups excluding carboxylic acids is 1. The van der Waals surface area contributed by atoms with Gasteiger partial charge in [0.05, 0.1) is 11.9 Å². The topological polar surface area (TPSA) is 106 Å². The predicted octanol–water partition coefficient (Wildman–Crippen LogP) is 4.28. The van der Waals surface area contributed by atoms with Gasteiger partial charge in [0.15, 0.2) is 0 Å². The zero-order chi connectivity index (χ0) is 22.6. The number of alkyl halides is 3. The third-order valence-corrected chi connectivity index (χ3v) is 4.77. The molecule has 1 amide bonds. The molecule has 3 aromatic rings. The molecular formula is C20H19F3N6O3. The van der Waals surface area contributed by atoms with Gasteiger partial charge >= 0.3 is 18.2 Å². The zero-order valence-electron chi connectivity index (χ0n) is 16.8. The molecule has 0 radical (unpaired) electrons. The maximum absolute atomic E-state index is 12.5. The monoisotopic (exact) mass is 448 g/mol. The van der Waals surface area contributed by atoms with Crippen LogP contribution in [-0.4, -0.2) is 39.3 Å². The van der Waals surface area contributed by atoms with Crippen molar-refractivity contribution in [3.63, 3.8) is 0 Å².